The number of fused-ring (bicyclic) bond motifs is 1. The molecule has 0 radical (unpaired) electrons. The minimum atomic E-state index is 0.826. The van der Waals surface area contributed by atoms with Gasteiger partial charge in [0.2, 0.25) is 0 Å². The molecule has 0 aromatic heterocycles. The molecule has 80 valence electrons. The molecule has 0 heterocycles. The molecule has 3 aliphatic carbocycles. The Balaban J connectivity index is 1.79. The monoisotopic (exact) mass is 193 g/mol. The second-order valence-corrected chi connectivity index (χ2v) is 5.96. The van der Waals surface area contributed by atoms with Gasteiger partial charge < -0.3 is 5.32 Å². The maximum Gasteiger partial charge on any atom is -0.00178 e. The Hall–Kier alpha value is -0.0400. The Morgan fingerprint density at radius 1 is 1.07 bits per heavy atom. The van der Waals surface area contributed by atoms with Gasteiger partial charge in [0.1, 0.15) is 0 Å². The fourth-order valence-corrected chi connectivity index (χ4v) is 4.91. The lowest BCUT2D eigenvalue weighted by molar-refractivity contribution is 0.166. The van der Waals surface area contributed by atoms with E-state index in [0.29, 0.717) is 0 Å². The first-order valence-electron chi connectivity index (χ1n) is 6.48. The van der Waals surface area contributed by atoms with E-state index in [4.69, 9.17) is 0 Å². The molecule has 1 heteroatoms. The quantitative estimate of drug-likeness (QED) is 0.711. The average molecular weight is 193 g/mol. The standard InChI is InChI=1S/C13H23N/c1-14-10-11-9-13(11)8-4-7-12(13)5-2-3-6-12/h11,14H,2-10H2,1H3. The van der Waals surface area contributed by atoms with Crippen LogP contribution in [0.2, 0.25) is 0 Å². The highest BCUT2D eigenvalue weighted by atomic mass is 14.9. The largest absolute Gasteiger partial charge is 0.319 e. The zero-order valence-electron chi connectivity index (χ0n) is 9.44. The lowest BCUT2D eigenvalue weighted by Gasteiger charge is -2.32. The van der Waals surface area contributed by atoms with Crippen molar-refractivity contribution in [3.05, 3.63) is 0 Å². The molecule has 2 atom stereocenters. The topological polar surface area (TPSA) is 12.0 Å². The Morgan fingerprint density at radius 2 is 1.79 bits per heavy atom. The van der Waals surface area contributed by atoms with Crippen LogP contribution >= 0.6 is 0 Å². The van der Waals surface area contributed by atoms with Gasteiger partial charge in [-0.05, 0) is 62.4 Å². The molecule has 1 nitrogen and oxygen atoms in total. The molecule has 3 aliphatic rings. The van der Waals surface area contributed by atoms with Crippen LogP contribution in [0.5, 0.6) is 0 Å². The molecule has 0 saturated heterocycles. The van der Waals surface area contributed by atoms with Crippen LogP contribution in [0, 0.1) is 16.7 Å². The predicted molar refractivity (Wildman–Crippen MR) is 59.2 cm³/mol. The van der Waals surface area contributed by atoms with Crippen molar-refractivity contribution < 1.29 is 0 Å². The van der Waals surface area contributed by atoms with Gasteiger partial charge in [-0.15, -0.1) is 0 Å². The molecule has 2 spiro atoms. The molecule has 0 aliphatic heterocycles. The summed E-state index contributed by atoms with van der Waals surface area (Å²) < 4.78 is 0. The van der Waals surface area contributed by atoms with E-state index in [1.165, 1.54) is 25.8 Å². The predicted octanol–water partition coefficient (Wildman–Crippen LogP) is 2.96. The van der Waals surface area contributed by atoms with E-state index in [1.54, 1.807) is 32.1 Å². The van der Waals surface area contributed by atoms with E-state index in [-0.39, 0.29) is 0 Å². The fraction of sp³-hybridized carbons (Fsp3) is 1.00. The van der Waals surface area contributed by atoms with Crippen molar-refractivity contribution in [2.45, 2.75) is 51.4 Å². The van der Waals surface area contributed by atoms with Crippen LogP contribution < -0.4 is 5.32 Å². The summed E-state index contributed by atoms with van der Waals surface area (Å²) in [6, 6.07) is 0. The second-order valence-electron chi connectivity index (χ2n) is 5.96. The lowest BCUT2D eigenvalue weighted by atomic mass is 9.72. The third kappa shape index (κ3) is 0.997. The summed E-state index contributed by atoms with van der Waals surface area (Å²) in [5, 5.41) is 3.39. The Morgan fingerprint density at radius 3 is 2.50 bits per heavy atom. The maximum absolute atomic E-state index is 3.39. The zero-order chi connectivity index (χ0) is 9.65. The summed E-state index contributed by atoms with van der Waals surface area (Å²) in [5.41, 5.74) is 1.65. The molecule has 0 aromatic rings. The molecule has 1 N–H and O–H groups in total. The summed E-state index contributed by atoms with van der Waals surface area (Å²) >= 11 is 0. The third-order valence-corrected chi connectivity index (χ3v) is 5.58. The normalized spacial score (nSPS) is 43.9. The number of nitrogens with one attached hydrogen (secondary N) is 1. The second kappa shape index (κ2) is 2.98. The Bertz CT molecular complexity index is 224. The SMILES string of the molecule is CNCC1CC12CCCC21CCCC1. The Kier molecular flexibility index (Phi) is 1.96. The van der Waals surface area contributed by atoms with E-state index < -0.39 is 0 Å². The van der Waals surface area contributed by atoms with E-state index in [1.807, 2.05) is 0 Å². The lowest BCUT2D eigenvalue weighted by Crippen LogP contribution is -2.27. The Labute approximate surface area is 87.7 Å². The zero-order valence-corrected chi connectivity index (χ0v) is 9.44. The maximum atomic E-state index is 3.39. The number of rotatable bonds is 2. The average Bonchev–Trinajstić information content (AvgIpc) is 2.63. The highest BCUT2D eigenvalue weighted by Crippen LogP contribution is 2.75. The van der Waals surface area contributed by atoms with Crippen LogP contribution in [0.15, 0.2) is 0 Å². The summed E-state index contributed by atoms with van der Waals surface area (Å²) in [6.45, 7) is 1.28. The summed E-state index contributed by atoms with van der Waals surface area (Å²) in [4.78, 5) is 0. The van der Waals surface area contributed by atoms with Crippen molar-refractivity contribution in [1.82, 2.24) is 5.32 Å². The van der Waals surface area contributed by atoms with Crippen LogP contribution in [0.1, 0.15) is 51.4 Å². The minimum absolute atomic E-state index is 0.826. The molecular weight excluding hydrogens is 170 g/mol. The first-order chi connectivity index (χ1) is 6.83. The minimum Gasteiger partial charge on any atom is -0.319 e. The molecule has 2 unspecified atom stereocenters. The highest BCUT2D eigenvalue weighted by molar-refractivity contribution is 5.17. The molecule has 3 fully saturated rings. The van der Waals surface area contributed by atoms with E-state index in [0.717, 1.165) is 16.7 Å². The van der Waals surface area contributed by atoms with Gasteiger partial charge in [0.05, 0.1) is 0 Å². The molecule has 0 amide bonds. The first kappa shape index (κ1) is 9.21. The van der Waals surface area contributed by atoms with Gasteiger partial charge >= 0.3 is 0 Å². The molecule has 14 heavy (non-hydrogen) atoms. The van der Waals surface area contributed by atoms with Crippen molar-refractivity contribution >= 4 is 0 Å². The molecular formula is C13H23N. The van der Waals surface area contributed by atoms with Crippen LogP contribution in [0.3, 0.4) is 0 Å². The van der Waals surface area contributed by atoms with Gasteiger partial charge in [-0.25, -0.2) is 0 Å². The molecule has 3 saturated carbocycles. The van der Waals surface area contributed by atoms with Gasteiger partial charge in [-0.2, -0.15) is 0 Å². The van der Waals surface area contributed by atoms with Crippen LogP contribution in [-0.2, 0) is 0 Å². The smallest absolute Gasteiger partial charge is 0.00178 e. The third-order valence-electron chi connectivity index (χ3n) is 5.58. The molecule has 0 aromatic carbocycles. The van der Waals surface area contributed by atoms with Crippen molar-refractivity contribution in [3.8, 4) is 0 Å². The summed E-state index contributed by atoms with van der Waals surface area (Å²) in [6.07, 6.45) is 12.4. The van der Waals surface area contributed by atoms with E-state index >= 15 is 0 Å². The van der Waals surface area contributed by atoms with E-state index in [9.17, 15) is 0 Å². The molecule has 0 bridgehead atoms. The number of hydrogen-bond acceptors (Lipinski definition) is 1. The van der Waals surface area contributed by atoms with Gasteiger partial charge in [-0.1, -0.05) is 19.3 Å². The highest BCUT2D eigenvalue weighted by Gasteiger charge is 2.67. The van der Waals surface area contributed by atoms with Crippen molar-refractivity contribution in [2.24, 2.45) is 16.7 Å². The van der Waals surface area contributed by atoms with Gasteiger partial charge in [0.25, 0.3) is 0 Å². The summed E-state index contributed by atoms with van der Waals surface area (Å²) in [5.74, 6) is 1.04. The van der Waals surface area contributed by atoms with Gasteiger partial charge in [0.15, 0.2) is 0 Å². The number of hydrogen-bond donors (Lipinski definition) is 1. The van der Waals surface area contributed by atoms with Crippen molar-refractivity contribution in [3.63, 3.8) is 0 Å². The molecule has 3 rings (SSSR count). The van der Waals surface area contributed by atoms with Gasteiger partial charge in [-0.3, -0.25) is 0 Å². The first-order valence-corrected chi connectivity index (χ1v) is 6.48. The van der Waals surface area contributed by atoms with Crippen LogP contribution in [-0.4, -0.2) is 13.6 Å². The van der Waals surface area contributed by atoms with E-state index in [2.05, 4.69) is 12.4 Å². The summed E-state index contributed by atoms with van der Waals surface area (Å²) in [7, 11) is 2.11. The van der Waals surface area contributed by atoms with Crippen molar-refractivity contribution in [2.75, 3.05) is 13.6 Å². The van der Waals surface area contributed by atoms with Crippen molar-refractivity contribution in [1.29, 1.82) is 0 Å². The van der Waals surface area contributed by atoms with Crippen LogP contribution in [0.25, 0.3) is 0 Å². The fourth-order valence-electron chi connectivity index (χ4n) is 4.91. The van der Waals surface area contributed by atoms with Gasteiger partial charge in [0, 0.05) is 0 Å². The van der Waals surface area contributed by atoms with Crippen LogP contribution in [0.4, 0.5) is 0 Å².